The second-order valence-electron chi connectivity index (χ2n) is 5.77. The quantitative estimate of drug-likeness (QED) is 0.644. The number of carbonyl (C=O) groups excluding carboxylic acids is 1. The summed E-state index contributed by atoms with van der Waals surface area (Å²) in [5.41, 5.74) is 0.672. The maximum atomic E-state index is 13.9. The molecule has 26 heavy (non-hydrogen) atoms. The first-order valence-electron chi connectivity index (χ1n) is 7.71. The Balaban J connectivity index is 1.89. The number of rotatable bonds is 3. The lowest BCUT2D eigenvalue weighted by atomic mass is 9.97. The highest BCUT2D eigenvalue weighted by Crippen LogP contribution is 2.48. The third-order valence-electron chi connectivity index (χ3n) is 4.15. The first-order valence-corrected chi connectivity index (χ1v) is 7.71. The Morgan fingerprint density at radius 1 is 0.731 bits per heavy atom. The van der Waals surface area contributed by atoms with Gasteiger partial charge in [0.25, 0.3) is 0 Å². The molecule has 0 atom stereocenters. The minimum absolute atomic E-state index is 0.0850. The Kier molecular flexibility index (Phi) is 3.68. The maximum Gasteiger partial charge on any atom is 0.305 e. The third kappa shape index (κ3) is 2.50. The summed E-state index contributed by atoms with van der Waals surface area (Å²) in [6.45, 7) is 0. The molecule has 0 radical (unpaired) electrons. The van der Waals surface area contributed by atoms with E-state index in [0.29, 0.717) is 17.4 Å². The Bertz CT molecular complexity index is 937. The number of hydrogen-bond donors (Lipinski definition) is 0. The van der Waals surface area contributed by atoms with E-state index in [-0.39, 0.29) is 17.1 Å². The summed E-state index contributed by atoms with van der Waals surface area (Å²) < 4.78 is 52.5. The van der Waals surface area contributed by atoms with E-state index in [4.69, 9.17) is 9.47 Å². The molecule has 0 bridgehead atoms. The van der Waals surface area contributed by atoms with Gasteiger partial charge in [-0.25, -0.2) is 13.2 Å². The zero-order valence-electron chi connectivity index (χ0n) is 13.2. The van der Waals surface area contributed by atoms with Gasteiger partial charge in [-0.15, -0.1) is 0 Å². The summed E-state index contributed by atoms with van der Waals surface area (Å²) in [5, 5.41) is 0. The zero-order chi connectivity index (χ0) is 18.3. The topological polar surface area (TPSA) is 35.5 Å². The van der Waals surface area contributed by atoms with Crippen LogP contribution in [0.1, 0.15) is 21.5 Å². The molecule has 3 aromatic carbocycles. The molecule has 3 aromatic rings. The highest BCUT2D eigenvalue weighted by Gasteiger charge is 2.46. The number of hydrogen-bond acceptors (Lipinski definition) is 3. The smallest absolute Gasteiger partial charge is 0.305 e. The predicted molar refractivity (Wildman–Crippen MR) is 86.6 cm³/mol. The number of ether oxygens (including phenoxy) is 2. The molecule has 1 aliphatic heterocycles. The van der Waals surface area contributed by atoms with Crippen LogP contribution in [-0.2, 0) is 5.79 Å². The van der Waals surface area contributed by atoms with Crippen LogP contribution in [0.5, 0.6) is 11.5 Å². The van der Waals surface area contributed by atoms with Gasteiger partial charge >= 0.3 is 5.79 Å². The van der Waals surface area contributed by atoms with Gasteiger partial charge in [-0.2, -0.15) is 0 Å². The predicted octanol–water partition coefficient (Wildman–Crippen LogP) is 4.59. The van der Waals surface area contributed by atoms with Crippen LogP contribution in [0.4, 0.5) is 13.2 Å². The van der Waals surface area contributed by atoms with Crippen LogP contribution in [-0.4, -0.2) is 6.29 Å². The summed E-state index contributed by atoms with van der Waals surface area (Å²) in [6.07, 6.45) is 0.370. The number of benzene rings is 3. The summed E-state index contributed by atoms with van der Waals surface area (Å²) in [6, 6.07) is 13.0. The van der Waals surface area contributed by atoms with Gasteiger partial charge in [0.15, 0.2) is 17.8 Å². The number of carbonyl (C=O) groups is 1. The molecule has 0 fully saturated rings. The van der Waals surface area contributed by atoms with Crippen LogP contribution in [0.25, 0.3) is 0 Å². The van der Waals surface area contributed by atoms with E-state index in [1.165, 1.54) is 54.6 Å². The third-order valence-corrected chi connectivity index (χ3v) is 4.15. The van der Waals surface area contributed by atoms with Crippen LogP contribution in [0.15, 0.2) is 60.7 Å². The molecule has 0 N–H and O–H groups in total. The minimum Gasteiger partial charge on any atom is -0.440 e. The van der Waals surface area contributed by atoms with Gasteiger partial charge < -0.3 is 9.47 Å². The summed E-state index contributed by atoms with van der Waals surface area (Å²) in [5.74, 6) is -2.97. The van der Waals surface area contributed by atoms with Gasteiger partial charge in [-0.05, 0) is 54.6 Å². The number of aldehydes is 1. The largest absolute Gasteiger partial charge is 0.440 e. The summed E-state index contributed by atoms with van der Waals surface area (Å²) >= 11 is 0. The lowest BCUT2D eigenvalue weighted by Crippen LogP contribution is -2.36. The first-order chi connectivity index (χ1) is 12.5. The molecule has 1 aliphatic rings. The van der Waals surface area contributed by atoms with Crippen molar-refractivity contribution < 1.29 is 27.4 Å². The van der Waals surface area contributed by atoms with Crippen molar-refractivity contribution in [3.05, 3.63) is 94.8 Å². The van der Waals surface area contributed by atoms with E-state index in [2.05, 4.69) is 0 Å². The Hall–Kier alpha value is -3.28. The van der Waals surface area contributed by atoms with Crippen LogP contribution < -0.4 is 9.47 Å². The molecule has 130 valence electrons. The highest BCUT2D eigenvalue weighted by molar-refractivity contribution is 5.77. The van der Waals surface area contributed by atoms with Crippen LogP contribution in [0.3, 0.4) is 0 Å². The fourth-order valence-electron chi connectivity index (χ4n) is 2.87. The highest BCUT2D eigenvalue weighted by atomic mass is 19.1. The Labute approximate surface area is 146 Å². The van der Waals surface area contributed by atoms with Gasteiger partial charge in [0.05, 0.1) is 5.56 Å². The zero-order valence-corrected chi connectivity index (χ0v) is 13.2. The minimum atomic E-state index is -1.56. The molecule has 1 heterocycles. The van der Waals surface area contributed by atoms with Crippen molar-refractivity contribution in [2.45, 2.75) is 5.79 Å². The van der Waals surface area contributed by atoms with Gasteiger partial charge in [0.1, 0.15) is 17.5 Å². The van der Waals surface area contributed by atoms with Crippen molar-refractivity contribution in [2.75, 3.05) is 0 Å². The summed E-state index contributed by atoms with van der Waals surface area (Å²) in [7, 11) is 0. The van der Waals surface area contributed by atoms with Crippen molar-refractivity contribution in [3.63, 3.8) is 0 Å². The van der Waals surface area contributed by atoms with E-state index in [9.17, 15) is 18.0 Å². The van der Waals surface area contributed by atoms with Crippen LogP contribution in [0, 0.1) is 17.5 Å². The summed E-state index contributed by atoms with van der Waals surface area (Å²) in [4.78, 5) is 11.0. The average Bonchev–Trinajstić information content (AvgIpc) is 3.01. The van der Waals surface area contributed by atoms with Crippen molar-refractivity contribution in [3.8, 4) is 11.5 Å². The molecule has 0 spiro atoms. The van der Waals surface area contributed by atoms with Gasteiger partial charge in [0, 0.05) is 17.2 Å². The van der Waals surface area contributed by atoms with Gasteiger partial charge in [0.2, 0.25) is 0 Å². The number of fused-ring (bicyclic) bond motifs is 1. The second-order valence-corrected chi connectivity index (χ2v) is 5.77. The average molecular weight is 356 g/mol. The van der Waals surface area contributed by atoms with Crippen LogP contribution in [0.2, 0.25) is 0 Å². The molecular weight excluding hydrogens is 345 g/mol. The lowest BCUT2D eigenvalue weighted by molar-refractivity contribution is -0.0460. The molecular formula is C20H11F3O3. The lowest BCUT2D eigenvalue weighted by Gasteiger charge is -2.28. The van der Waals surface area contributed by atoms with Crippen molar-refractivity contribution in [1.82, 2.24) is 0 Å². The fraction of sp³-hybridized carbons (Fsp3) is 0.0500. The molecule has 0 aliphatic carbocycles. The van der Waals surface area contributed by atoms with E-state index in [0.717, 1.165) is 6.07 Å². The van der Waals surface area contributed by atoms with E-state index in [1.807, 2.05) is 0 Å². The second kappa shape index (κ2) is 5.91. The molecule has 3 nitrogen and oxygen atoms in total. The Morgan fingerprint density at radius 3 is 1.65 bits per heavy atom. The Morgan fingerprint density at radius 2 is 1.19 bits per heavy atom. The molecule has 0 saturated carbocycles. The van der Waals surface area contributed by atoms with E-state index < -0.39 is 23.2 Å². The van der Waals surface area contributed by atoms with Crippen molar-refractivity contribution in [2.24, 2.45) is 0 Å². The van der Waals surface area contributed by atoms with Crippen molar-refractivity contribution in [1.29, 1.82) is 0 Å². The van der Waals surface area contributed by atoms with E-state index in [1.54, 1.807) is 0 Å². The maximum absolute atomic E-state index is 13.9. The molecule has 6 heteroatoms. The van der Waals surface area contributed by atoms with E-state index >= 15 is 0 Å². The SMILES string of the molecule is O=Cc1cc2c(cc1F)OC(c1ccc(F)cc1)(c1ccc(F)cc1)O2. The molecule has 0 aromatic heterocycles. The van der Waals surface area contributed by atoms with Gasteiger partial charge in [-0.1, -0.05) is 0 Å². The van der Waals surface area contributed by atoms with Gasteiger partial charge in [-0.3, -0.25) is 4.79 Å². The first kappa shape index (κ1) is 16.2. The van der Waals surface area contributed by atoms with Crippen LogP contribution >= 0.6 is 0 Å². The standard InChI is InChI=1S/C20H11F3O3/c21-15-5-1-13(2-6-15)20(14-3-7-16(22)8-4-14)25-18-9-12(11-24)17(23)10-19(18)26-20/h1-11H. The molecule has 4 rings (SSSR count). The number of halogens is 3. The molecule has 0 unspecified atom stereocenters. The van der Waals surface area contributed by atoms with Crippen molar-refractivity contribution >= 4 is 6.29 Å². The monoisotopic (exact) mass is 356 g/mol. The fourth-order valence-corrected chi connectivity index (χ4v) is 2.87. The molecule has 0 amide bonds. The molecule has 0 saturated heterocycles. The normalized spacial score (nSPS) is 14.3.